The molecule has 2 heterocycles. The molecule has 0 radical (unpaired) electrons. The van der Waals surface area contributed by atoms with Crippen LogP contribution in [0, 0.1) is 6.92 Å². The number of likely N-dealkylation sites (N-methyl/N-ethyl adjacent to an activating group) is 1. The number of nitrogens with one attached hydrogen (secondary N) is 1. The molecule has 3 rings (SSSR count). The molecule has 2 aromatic heterocycles. The first-order valence-electron chi connectivity index (χ1n) is 7.92. The van der Waals surface area contributed by atoms with E-state index in [1.807, 2.05) is 31.6 Å². The Balaban J connectivity index is 1.65. The number of benzene rings is 1. The van der Waals surface area contributed by atoms with E-state index in [4.69, 9.17) is 4.52 Å². The molecule has 7 heteroatoms. The van der Waals surface area contributed by atoms with Crippen LogP contribution >= 0.6 is 11.3 Å². The molecule has 6 nitrogen and oxygen atoms in total. The highest BCUT2D eigenvalue weighted by atomic mass is 32.1. The molecule has 0 spiro atoms. The molecule has 1 N–H and O–H groups in total. The van der Waals surface area contributed by atoms with Gasteiger partial charge < -0.3 is 14.7 Å². The fraction of sp³-hybridized carbons (Fsp3) is 0.278. The fourth-order valence-electron chi connectivity index (χ4n) is 2.53. The van der Waals surface area contributed by atoms with Crippen LogP contribution in [-0.2, 0) is 0 Å². The largest absolute Gasteiger partial charge is 0.350 e. The molecule has 1 atom stereocenters. The molecule has 130 valence electrons. The Morgan fingerprint density at radius 1 is 1.28 bits per heavy atom. The van der Waals surface area contributed by atoms with Gasteiger partial charge in [-0.1, -0.05) is 5.16 Å². The van der Waals surface area contributed by atoms with Gasteiger partial charge in [-0.15, -0.1) is 0 Å². The van der Waals surface area contributed by atoms with Crippen molar-refractivity contribution in [1.82, 2.24) is 20.4 Å². The van der Waals surface area contributed by atoms with E-state index in [0.29, 0.717) is 23.8 Å². The Hall–Kier alpha value is -2.51. The minimum absolute atomic E-state index is 0.102. The molecular formula is C18H20N4O2S. The van der Waals surface area contributed by atoms with Gasteiger partial charge in [-0.3, -0.25) is 4.79 Å². The topological polar surface area (TPSA) is 71.3 Å². The smallest absolute Gasteiger partial charge is 0.257 e. The number of aryl methyl sites for hydroxylation is 1. The molecule has 25 heavy (non-hydrogen) atoms. The summed E-state index contributed by atoms with van der Waals surface area (Å²) in [4.78, 5) is 18.7. The molecule has 1 amide bonds. The number of aromatic nitrogens is 2. The van der Waals surface area contributed by atoms with Crippen molar-refractivity contribution in [1.29, 1.82) is 0 Å². The molecule has 0 bridgehead atoms. The zero-order valence-corrected chi connectivity index (χ0v) is 15.2. The Labute approximate surface area is 150 Å². The van der Waals surface area contributed by atoms with Crippen molar-refractivity contribution in [3.63, 3.8) is 0 Å². The van der Waals surface area contributed by atoms with Gasteiger partial charge in [-0.2, -0.15) is 16.3 Å². The van der Waals surface area contributed by atoms with Crippen LogP contribution in [0.3, 0.4) is 0 Å². The van der Waals surface area contributed by atoms with Crippen LogP contribution < -0.4 is 5.32 Å². The summed E-state index contributed by atoms with van der Waals surface area (Å²) in [6.45, 7) is 2.32. The summed E-state index contributed by atoms with van der Waals surface area (Å²) in [5.74, 6) is 0.935. The molecule has 0 saturated carbocycles. The Bertz CT molecular complexity index is 825. The molecule has 3 aromatic rings. The zero-order chi connectivity index (χ0) is 17.8. The van der Waals surface area contributed by atoms with Gasteiger partial charge in [0, 0.05) is 17.7 Å². The van der Waals surface area contributed by atoms with E-state index in [9.17, 15) is 4.79 Å². The molecule has 0 fully saturated rings. The highest BCUT2D eigenvalue weighted by molar-refractivity contribution is 7.07. The SMILES string of the molecule is Cc1noc(-c2ccc(C(=O)NCC(c3ccsc3)N(C)C)cc2)n1. The number of carbonyl (C=O) groups is 1. The van der Waals surface area contributed by atoms with Crippen LogP contribution in [0.1, 0.15) is 27.8 Å². The maximum atomic E-state index is 12.4. The number of hydrogen-bond acceptors (Lipinski definition) is 6. The lowest BCUT2D eigenvalue weighted by Gasteiger charge is -2.24. The van der Waals surface area contributed by atoms with E-state index in [2.05, 4.69) is 31.8 Å². The molecule has 0 aliphatic rings. The van der Waals surface area contributed by atoms with Crippen LogP contribution in [-0.4, -0.2) is 41.6 Å². The van der Waals surface area contributed by atoms with Crippen molar-refractivity contribution in [2.45, 2.75) is 13.0 Å². The predicted molar refractivity (Wildman–Crippen MR) is 97.6 cm³/mol. The van der Waals surface area contributed by atoms with Gasteiger partial charge in [0.2, 0.25) is 0 Å². The number of amides is 1. The van der Waals surface area contributed by atoms with Crippen molar-refractivity contribution in [2.24, 2.45) is 0 Å². The van der Waals surface area contributed by atoms with E-state index in [0.717, 1.165) is 5.56 Å². The molecule has 0 aliphatic carbocycles. The van der Waals surface area contributed by atoms with Crippen molar-refractivity contribution in [3.8, 4) is 11.5 Å². The van der Waals surface area contributed by atoms with Crippen LogP contribution in [0.4, 0.5) is 0 Å². The van der Waals surface area contributed by atoms with Gasteiger partial charge in [0.25, 0.3) is 11.8 Å². The third-order valence-electron chi connectivity index (χ3n) is 3.93. The highest BCUT2D eigenvalue weighted by Crippen LogP contribution is 2.21. The lowest BCUT2D eigenvalue weighted by atomic mass is 10.1. The monoisotopic (exact) mass is 356 g/mol. The van der Waals surface area contributed by atoms with Crippen LogP contribution in [0.2, 0.25) is 0 Å². The van der Waals surface area contributed by atoms with E-state index in [1.54, 1.807) is 30.4 Å². The van der Waals surface area contributed by atoms with Gasteiger partial charge in [-0.05, 0) is 67.7 Å². The molecule has 1 unspecified atom stereocenters. The maximum Gasteiger partial charge on any atom is 0.257 e. The lowest BCUT2D eigenvalue weighted by molar-refractivity contribution is 0.0942. The number of thiophene rings is 1. The van der Waals surface area contributed by atoms with E-state index in [-0.39, 0.29) is 11.9 Å². The second kappa shape index (κ2) is 7.58. The summed E-state index contributed by atoms with van der Waals surface area (Å²) in [6, 6.07) is 9.38. The Morgan fingerprint density at radius 2 is 2.04 bits per heavy atom. The van der Waals surface area contributed by atoms with Gasteiger partial charge >= 0.3 is 0 Å². The van der Waals surface area contributed by atoms with E-state index < -0.39 is 0 Å². The summed E-state index contributed by atoms with van der Waals surface area (Å²) in [5, 5.41) is 10.9. The number of nitrogens with zero attached hydrogens (tertiary/aromatic N) is 3. The zero-order valence-electron chi connectivity index (χ0n) is 14.4. The first-order valence-corrected chi connectivity index (χ1v) is 8.86. The summed E-state index contributed by atoms with van der Waals surface area (Å²) in [6.07, 6.45) is 0. The van der Waals surface area contributed by atoms with E-state index in [1.165, 1.54) is 5.56 Å². The molecule has 0 aliphatic heterocycles. The molecule has 1 aromatic carbocycles. The first-order chi connectivity index (χ1) is 12.0. The second-order valence-corrected chi connectivity index (χ2v) is 6.75. The highest BCUT2D eigenvalue weighted by Gasteiger charge is 2.16. The van der Waals surface area contributed by atoms with E-state index >= 15 is 0 Å². The number of carbonyl (C=O) groups excluding carboxylic acids is 1. The Morgan fingerprint density at radius 3 is 2.60 bits per heavy atom. The third-order valence-corrected chi connectivity index (χ3v) is 4.63. The first kappa shape index (κ1) is 17.3. The normalized spacial score (nSPS) is 12.3. The number of hydrogen-bond donors (Lipinski definition) is 1. The average molecular weight is 356 g/mol. The van der Waals surface area contributed by atoms with Crippen LogP contribution in [0.25, 0.3) is 11.5 Å². The molecule has 0 saturated heterocycles. The minimum atomic E-state index is -0.102. The van der Waals surface area contributed by atoms with Crippen LogP contribution in [0.15, 0.2) is 45.6 Å². The minimum Gasteiger partial charge on any atom is -0.350 e. The van der Waals surface area contributed by atoms with Crippen molar-refractivity contribution in [2.75, 3.05) is 20.6 Å². The van der Waals surface area contributed by atoms with Crippen molar-refractivity contribution < 1.29 is 9.32 Å². The average Bonchev–Trinajstić information content (AvgIpc) is 3.27. The summed E-state index contributed by atoms with van der Waals surface area (Å²) < 4.78 is 5.13. The summed E-state index contributed by atoms with van der Waals surface area (Å²) >= 11 is 1.66. The van der Waals surface area contributed by atoms with Crippen LogP contribution in [0.5, 0.6) is 0 Å². The summed E-state index contributed by atoms with van der Waals surface area (Å²) in [7, 11) is 4.02. The quantitative estimate of drug-likeness (QED) is 0.735. The number of rotatable bonds is 6. The second-order valence-electron chi connectivity index (χ2n) is 5.97. The Kier molecular flexibility index (Phi) is 5.25. The molecular weight excluding hydrogens is 336 g/mol. The third kappa shape index (κ3) is 4.12. The van der Waals surface area contributed by atoms with Gasteiger partial charge in [-0.25, -0.2) is 0 Å². The van der Waals surface area contributed by atoms with Crippen molar-refractivity contribution >= 4 is 17.2 Å². The fourth-order valence-corrected chi connectivity index (χ4v) is 3.24. The predicted octanol–water partition coefficient (Wildman–Crippen LogP) is 3.14. The maximum absolute atomic E-state index is 12.4. The standard InChI is InChI=1S/C18H20N4O2S/c1-12-20-18(24-21-12)14-6-4-13(5-7-14)17(23)19-10-16(22(2)3)15-8-9-25-11-15/h4-9,11,16H,10H2,1-3H3,(H,19,23). The van der Waals surface area contributed by atoms with Gasteiger partial charge in [0.05, 0.1) is 6.04 Å². The summed E-state index contributed by atoms with van der Waals surface area (Å²) in [5.41, 5.74) is 2.60. The van der Waals surface area contributed by atoms with Gasteiger partial charge in [0.15, 0.2) is 5.82 Å². The van der Waals surface area contributed by atoms with Gasteiger partial charge in [0.1, 0.15) is 0 Å². The lowest BCUT2D eigenvalue weighted by Crippen LogP contribution is -2.34. The van der Waals surface area contributed by atoms with Crippen molar-refractivity contribution in [3.05, 3.63) is 58.0 Å².